The fourth-order valence-corrected chi connectivity index (χ4v) is 2.80. The Labute approximate surface area is 131 Å². The van der Waals surface area contributed by atoms with Crippen molar-refractivity contribution < 1.29 is 4.74 Å². The second kappa shape index (κ2) is 6.65. The van der Waals surface area contributed by atoms with Gasteiger partial charge in [-0.2, -0.15) is 0 Å². The molecule has 2 aromatic carbocycles. The minimum Gasteiger partial charge on any atom is -0.487 e. The van der Waals surface area contributed by atoms with Crippen LogP contribution in [0.4, 0.5) is 0 Å². The van der Waals surface area contributed by atoms with Crippen LogP contribution in [0, 0.1) is 6.92 Å². The van der Waals surface area contributed by atoms with Crippen LogP contribution in [0.15, 0.2) is 36.4 Å². The average molecular weight is 360 g/mol. The second-order valence-corrected chi connectivity index (χ2v) is 5.63. The predicted molar refractivity (Wildman–Crippen MR) is 84.6 cm³/mol. The maximum Gasteiger partial charge on any atom is 0.142 e. The summed E-state index contributed by atoms with van der Waals surface area (Å²) in [6.45, 7) is 2.56. The van der Waals surface area contributed by atoms with Crippen LogP contribution in [0.2, 0.25) is 10.0 Å². The number of alkyl halides is 1. The van der Waals surface area contributed by atoms with Gasteiger partial charge in [-0.3, -0.25) is 0 Å². The van der Waals surface area contributed by atoms with Gasteiger partial charge in [-0.15, -0.1) is 0 Å². The smallest absolute Gasteiger partial charge is 0.142 e. The van der Waals surface area contributed by atoms with Crippen molar-refractivity contribution in [2.24, 2.45) is 0 Å². The average Bonchev–Trinajstić information content (AvgIpc) is 2.38. The molecule has 100 valence electrons. The molecule has 1 nitrogen and oxygen atoms in total. The normalized spacial score (nSPS) is 10.5. The first-order chi connectivity index (χ1) is 9.11. The number of halogens is 3. The van der Waals surface area contributed by atoms with Crippen LogP contribution in [0.5, 0.6) is 5.75 Å². The van der Waals surface area contributed by atoms with Gasteiger partial charge in [-0.25, -0.2) is 0 Å². The Morgan fingerprint density at radius 3 is 2.53 bits per heavy atom. The molecule has 0 N–H and O–H groups in total. The number of ether oxygens (including phenoxy) is 1. The Hall–Kier alpha value is -0.700. The van der Waals surface area contributed by atoms with Crippen molar-refractivity contribution in [1.82, 2.24) is 0 Å². The molecule has 0 aromatic heterocycles. The summed E-state index contributed by atoms with van der Waals surface area (Å²) in [5.74, 6) is 0.686. The van der Waals surface area contributed by atoms with Gasteiger partial charge in [-0.05, 0) is 30.2 Å². The van der Waals surface area contributed by atoms with Gasteiger partial charge >= 0.3 is 0 Å². The molecular formula is C15H13BrCl2O. The Bertz CT molecular complexity index is 584. The van der Waals surface area contributed by atoms with E-state index < -0.39 is 0 Å². The zero-order chi connectivity index (χ0) is 13.8. The van der Waals surface area contributed by atoms with Crippen molar-refractivity contribution in [2.45, 2.75) is 18.9 Å². The van der Waals surface area contributed by atoms with Crippen molar-refractivity contribution in [1.29, 1.82) is 0 Å². The molecule has 0 amide bonds. The first-order valence-corrected chi connectivity index (χ1v) is 7.70. The Morgan fingerprint density at radius 2 is 1.84 bits per heavy atom. The highest BCUT2D eigenvalue weighted by atomic mass is 79.9. The molecule has 0 bridgehead atoms. The Kier molecular flexibility index (Phi) is 5.14. The van der Waals surface area contributed by atoms with E-state index in [1.165, 1.54) is 5.56 Å². The van der Waals surface area contributed by atoms with Gasteiger partial charge in [-0.1, -0.05) is 63.4 Å². The van der Waals surface area contributed by atoms with E-state index in [9.17, 15) is 0 Å². The minimum absolute atomic E-state index is 0.494. The number of benzene rings is 2. The maximum atomic E-state index is 6.19. The maximum absolute atomic E-state index is 6.19. The van der Waals surface area contributed by atoms with E-state index in [0.717, 1.165) is 11.1 Å². The van der Waals surface area contributed by atoms with Crippen molar-refractivity contribution in [3.63, 3.8) is 0 Å². The van der Waals surface area contributed by atoms with Gasteiger partial charge in [0.25, 0.3) is 0 Å². The zero-order valence-electron chi connectivity index (χ0n) is 10.4. The van der Waals surface area contributed by atoms with E-state index in [1.54, 1.807) is 6.07 Å². The number of hydrogen-bond acceptors (Lipinski definition) is 1. The highest BCUT2D eigenvalue weighted by Gasteiger charge is 2.10. The molecular weight excluding hydrogens is 347 g/mol. The third kappa shape index (κ3) is 3.65. The van der Waals surface area contributed by atoms with E-state index in [4.69, 9.17) is 27.9 Å². The lowest BCUT2D eigenvalue weighted by molar-refractivity contribution is 0.303. The summed E-state index contributed by atoms with van der Waals surface area (Å²) in [6.07, 6.45) is 0. The van der Waals surface area contributed by atoms with E-state index in [2.05, 4.69) is 28.9 Å². The highest BCUT2D eigenvalue weighted by Crippen LogP contribution is 2.34. The first kappa shape index (κ1) is 14.7. The second-order valence-electron chi connectivity index (χ2n) is 4.22. The predicted octanol–water partition coefficient (Wildman–Crippen LogP) is 5.78. The molecule has 2 rings (SSSR count). The molecule has 0 fully saturated rings. The lowest BCUT2D eigenvalue weighted by atomic mass is 10.1. The summed E-state index contributed by atoms with van der Waals surface area (Å²) in [4.78, 5) is 0. The SMILES string of the molecule is Cc1ccccc1COc1c(Cl)cc(Cl)cc1CBr. The molecule has 0 aliphatic carbocycles. The number of rotatable bonds is 4. The first-order valence-electron chi connectivity index (χ1n) is 5.83. The molecule has 2 aromatic rings. The molecule has 0 aliphatic heterocycles. The third-order valence-corrected chi connectivity index (χ3v) is 3.97. The fourth-order valence-electron chi connectivity index (χ4n) is 1.80. The number of hydrogen-bond donors (Lipinski definition) is 0. The molecule has 19 heavy (non-hydrogen) atoms. The summed E-state index contributed by atoms with van der Waals surface area (Å²) in [6, 6.07) is 11.7. The fraction of sp³-hybridized carbons (Fsp3) is 0.200. The van der Waals surface area contributed by atoms with E-state index in [0.29, 0.717) is 27.7 Å². The standard InChI is InChI=1S/C15H13BrCl2O/c1-10-4-2-3-5-11(10)9-19-15-12(8-16)6-13(17)7-14(15)18/h2-7H,8-9H2,1H3. The molecule has 0 radical (unpaired) electrons. The lowest BCUT2D eigenvalue weighted by Gasteiger charge is -2.13. The van der Waals surface area contributed by atoms with Crippen LogP contribution in [-0.2, 0) is 11.9 Å². The Morgan fingerprint density at radius 1 is 1.11 bits per heavy atom. The van der Waals surface area contributed by atoms with Crippen molar-refractivity contribution >= 4 is 39.1 Å². The molecule has 0 unspecified atom stereocenters. The summed E-state index contributed by atoms with van der Waals surface area (Å²) in [5, 5.41) is 1.80. The summed E-state index contributed by atoms with van der Waals surface area (Å²) >= 11 is 15.6. The van der Waals surface area contributed by atoms with Crippen LogP contribution in [0.3, 0.4) is 0 Å². The lowest BCUT2D eigenvalue weighted by Crippen LogP contribution is -2.00. The van der Waals surface area contributed by atoms with E-state index in [1.807, 2.05) is 24.3 Å². The zero-order valence-corrected chi connectivity index (χ0v) is 13.5. The van der Waals surface area contributed by atoms with Gasteiger partial charge in [0.15, 0.2) is 0 Å². The van der Waals surface area contributed by atoms with Crippen LogP contribution >= 0.6 is 39.1 Å². The molecule has 4 heteroatoms. The molecule has 0 heterocycles. The topological polar surface area (TPSA) is 9.23 Å². The highest BCUT2D eigenvalue weighted by molar-refractivity contribution is 9.08. The largest absolute Gasteiger partial charge is 0.487 e. The minimum atomic E-state index is 0.494. The molecule has 0 spiro atoms. The van der Waals surface area contributed by atoms with Crippen molar-refractivity contribution in [3.05, 3.63) is 63.1 Å². The van der Waals surface area contributed by atoms with Gasteiger partial charge in [0.05, 0.1) is 5.02 Å². The Balaban J connectivity index is 2.22. The molecule has 0 atom stereocenters. The molecule has 0 aliphatic rings. The third-order valence-electron chi connectivity index (χ3n) is 2.86. The van der Waals surface area contributed by atoms with Gasteiger partial charge in [0.2, 0.25) is 0 Å². The quantitative estimate of drug-likeness (QED) is 0.629. The molecule has 0 saturated carbocycles. The van der Waals surface area contributed by atoms with Gasteiger partial charge < -0.3 is 4.74 Å². The number of aryl methyl sites for hydroxylation is 1. The summed E-state index contributed by atoms with van der Waals surface area (Å²) in [5.41, 5.74) is 3.30. The summed E-state index contributed by atoms with van der Waals surface area (Å²) in [7, 11) is 0. The van der Waals surface area contributed by atoms with Gasteiger partial charge in [0, 0.05) is 15.9 Å². The van der Waals surface area contributed by atoms with E-state index >= 15 is 0 Å². The van der Waals surface area contributed by atoms with Crippen molar-refractivity contribution in [3.8, 4) is 5.75 Å². The van der Waals surface area contributed by atoms with Crippen molar-refractivity contribution in [2.75, 3.05) is 0 Å². The van der Waals surface area contributed by atoms with Crippen LogP contribution in [0.1, 0.15) is 16.7 Å². The summed E-state index contributed by atoms with van der Waals surface area (Å²) < 4.78 is 5.86. The van der Waals surface area contributed by atoms with E-state index in [-0.39, 0.29) is 0 Å². The molecule has 0 saturated heterocycles. The van der Waals surface area contributed by atoms with Crippen LogP contribution in [-0.4, -0.2) is 0 Å². The van der Waals surface area contributed by atoms with Crippen LogP contribution in [0.25, 0.3) is 0 Å². The van der Waals surface area contributed by atoms with Crippen LogP contribution < -0.4 is 4.74 Å². The van der Waals surface area contributed by atoms with Gasteiger partial charge in [0.1, 0.15) is 12.4 Å². The monoisotopic (exact) mass is 358 g/mol.